The van der Waals surface area contributed by atoms with Gasteiger partial charge < -0.3 is 18.9 Å². The summed E-state index contributed by atoms with van der Waals surface area (Å²) in [5.41, 5.74) is 0.629. The molecule has 138 valence electrons. The van der Waals surface area contributed by atoms with Crippen LogP contribution in [0.4, 0.5) is 4.79 Å². The minimum Gasteiger partial charge on any atom is -0.496 e. The lowest BCUT2D eigenvalue weighted by Crippen LogP contribution is -2.36. The predicted octanol–water partition coefficient (Wildman–Crippen LogP) is 2.97. The monoisotopic (exact) mass is 351 g/mol. The molecular weight excluding hydrogens is 326 g/mol. The second-order valence-electron chi connectivity index (χ2n) is 5.74. The summed E-state index contributed by atoms with van der Waals surface area (Å²) in [5.74, 6) is 0.718. The fourth-order valence-corrected chi connectivity index (χ4v) is 2.96. The van der Waals surface area contributed by atoms with Crippen LogP contribution >= 0.6 is 0 Å². The quantitative estimate of drug-likeness (QED) is 0.717. The lowest BCUT2D eigenvalue weighted by molar-refractivity contribution is -0.129. The molecule has 0 unspecified atom stereocenters. The van der Waals surface area contributed by atoms with E-state index in [4.69, 9.17) is 18.9 Å². The molecule has 0 aliphatic carbocycles. The number of cyclic esters (lactones) is 1. The van der Waals surface area contributed by atoms with Crippen molar-refractivity contribution >= 4 is 12.0 Å². The molecule has 2 amide bonds. The highest BCUT2D eigenvalue weighted by molar-refractivity contribution is 5.97. The SMILES string of the molecule is CCCC[C@H](C(=O)N1CCOC1=O)c1c(OC)cc(OC)cc1OC. The molecule has 1 heterocycles. The molecule has 0 N–H and O–H groups in total. The molecule has 1 aromatic carbocycles. The summed E-state index contributed by atoms with van der Waals surface area (Å²) in [7, 11) is 4.61. The maximum Gasteiger partial charge on any atom is 0.416 e. The second-order valence-corrected chi connectivity index (χ2v) is 5.74. The van der Waals surface area contributed by atoms with E-state index < -0.39 is 12.0 Å². The number of carbonyl (C=O) groups excluding carboxylic acids is 2. The van der Waals surface area contributed by atoms with Crippen molar-refractivity contribution in [3.05, 3.63) is 17.7 Å². The summed E-state index contributed by atoms with van der Waals surface area (Å²) in [6.45, 7) is 2.54. The number of imide groups is 1. The van der Waals surface area contributed by atoms with Gasteiger partial charge in [0.25, 0.3) is 0 Å². The Morgan fingerprint density at radius 1 is 1.20 bits per heavy atom. The molecule has 1 aromatic rings. The molecule has 1 fully saturated rings. The van der Waals surface area contributed by atoms with E-state index in [0.29, 0.717) is 29.2 Å². The summed E-state index contributed by atoms with van der Waals surface area (Å²) in [4.78, 5) is 26.0. The van der Waals surface area contributed by atoms with Crippen LogP contribution < -0.4 is 14.2 Å². The first kappa shape index (κ1) is 18.9. The van der Waals surface area contributed by atoms with Gasteiger partial charge in [-0.25, -0.2) is 9.69 Å². The molecule has 25 heavy (non-hydrogen) atoms. The van der Waals surface area contributed by atoms with Crippen LogP contribution in [0.5, 0.6) is 17.2 Å². The van der Waals surface area contributed by atoms with Crippen molar-refractivity contribution in [3.63, 3.8) is 0 Å². The molecule has 2 rings (SSSR count). The number of benzene rings is 1. The molecule has 1 aliphatic heterocycles. The number of hydrogen-bond acceptors (Lipinski definition) is 6. The van der Waals surface area contributed by atoms with Crippen molar-refractivity contribution in [2.45, 2.75) is 32.1 Å². The third kappa shape index (κ3) is 3.97. The van der Waals surface area contributed by atoms with Gasteiger partial charge in [-0.2, -0.15) is 0 Å². The van der Waals surface area contributed by atoms with E-state index >= 15 is 0 Å². The van der Waals surface area contributed by atoms with Crippen molar-refractivity contribution in [1.82, 2.24) is 4.90 Å². The van der Waals surface area contributed by atoms with Crippen LogP contribution in [0.3, 0.4) is 0 Å². The van der Waals surface area contributed by atoms with Crippen LogP contribution in [0.1, 0.15) is 37.7 Å². The average Bonchev–Trinajstić information content (AvgIpc) is 3.07. The third-order valence-corrected chi connectivity index (χ3v) is 4.27. The highest BCUT2D eigenvalue weighted by Crippen LogP contribution is 2.42. The summed E-state index contributed by atoms with van der Waals surface area (Å²) in [6.07, 6.45) is 1.74. The number of methoxy groups -OCH3 is 3. The molecule has 1 atom stereocenters. The fraction of sp³-hybridized carbons (Fsp3) is 0.556. The third-order valence-electron chi connectivity index (χ3n) is 4.27. The van der Waals surface area contributed by atoms with Gasteiger partial charge in [0.05, 0.1) is 33.8 Å². The van der Waals surface area contributed by atoms with Gasteiger partial charge in [0.1, 0.15) is 23.9 Å². The molecule has 0 saturated carbocycles. The molecule has 0 aromatic heterocycles. The number of nitrogens with zero attached hydrogens (tertiary/aromatic N) is 1. The predicted molar refractivity (Wildman–Crippen MR) is 91.4 cm³/mol. The number of hydrogen-bond donors (Lipinski definition) is 0. The summed E-state index contributed by atoms with van der Waals surface area (Å²) >= 11 is 0. The van der Waals surface area contributed by atoms with Gasteiger partial charge in [-0.05, 0) is 6.42 Å². The lowest BCUT2D eigenvalue weighted by Gasteiger charge is -2.24. The zero-order valence-electron chi connectivity index (χ0n) is 15.2. The Bertz CT molecular complexity index is 605. The zero-order valence-corrected chi connectivity index (χ0v) is 15.2. The Morgan fingerprint density at radius 2 is 1.84 bits per heavy atom. The minimum atomic E-state index is -0.599. The topological polar surface area (TPSA) is 74.3 Å². The molecule has 0 bridgehead atoms. The average molecular weight is 351 g/mol. The van der Waals surface area contributed by atoms with Crippen molar-refractivity contribution in [2.24, 2.45) is 0 Å². The highest BCUT2D eigenvalue weighted by atomic mass is 16.6. The molecular formula is C18H25NO6. The Labute approximate surface area is 147 Å². The van der Waals surface area contributed by atoms with Crippen LogP contribution in [0.25, 0.3) is 0 Å². The van der Waals surface area contributed by atoms with E-state index in [-0.39, 0.29) is 19.1 Å². The van der Waals surface area contributed by atoms with Gasteiger partial charge in [0, 0.05) is 17.7 Å². The van der Waals surface area contributed by atoms with Crippen molar-refractivity contribution in [2.75, 3.05) is 34.5 Å². The molecule has 1 aliphatic rings. The van der Waals surface area contributed by atoms with E-state index in [1.165, 1.54) is 14.2 Å². The molecule has 1 saturated heterocycles. The number of amides is 2. The number of ether oxygens (including phenoxy) is 4. The van der Waals surface area contributed by atoms with Crippen LogP contribution in [-0.2, 0) is 9.53 Å². The van der Waals surface area contributed by atoms with Crippen LogP contribution in [0.2, 0.25) is 0 Å². The van der Waals surface area contributed by atoms with E-state index in [1.807, 2.05) is 6.92 Å². The Hall–Kier alpha value is -2.44. The second kappa shape index (κ2) is 8.60. The summed E-state index contributed by atoms with van der Waals surface area (Å²) in [5, 5.41) is 0. The molecule has 0 radical (unpaired) electrons. The zero-order chi connectivity index (χ0) is 18.4. The van der Waals surface area contributed by atoms with Crippen LogP contribution in [-0.4, -0.2) is 51.4 Å². The maximum absolute atomic E-state index is 13.0. The van der Waals surface area contributed by atoms with E-state index in [0.717, 1.165) is 17.7 Å². The Balaban J connectivity index is 2.49. The molecule has 7 heteroatoms. The van der Waals surface area contributed by atoms with Crippen molar-refractivity contribution in [1.29, 1.82) is 0 Å². The van der Waals surface area contributed by atoms with Crippen molar-refractivity contribution < 1.29 is 28.5 Å². The fourth-order valence-electron chi connectivity index (χ4n) is 2.96. The van der Waals surface area contributed by atoms with Gasteiger partial charge in [0.15, 0.2) is 0 Å². The van der Waals surface area contributed by atoms with E-state index in [9.17, 15) is 9.59 Å². The normalized spacial score (nSPS) is 14.9. The largest absolute Gasteiger partial charge is 0.496 e. The maximum atomic E-state index is 13.0. The Morgan fingerprint density at radius 3 is 2.28 bits per heavy atom. The number of carbonyl (C=O) groups is 2. The first-order valence-corrected chi connectivity index (χ1v) is 8.35. The van der Waals surface area contributed by atoms with Gasteiger partial charge in [0.2, 0.25) is 5.91 Å². The first-order chi connectivity index (χ1) is 12.1. The summed E-state index contributed by atoms with van der Waals surface area (Å²) in [6, 6.07) is 3.43. The van der Waals surface area contributed by atoms with Crippen molar-refractivity contribution in [3.8, 4) is 17.2 Å². The number of rotatable bonds is 8. The highest BCUT2D eigenvalue weighted by Gasteiger charge is 2.37. The molecule has 7 nitrogen and oxygen atoms in total. The van der Waals surface area contributed by atoms with E-state index in [2.05, 4.69) is 0 Å². The number of unbranched alkanes of at least 4 members (excludes halogenated alkanes) is 1. The van der Waals surface area contributed by atoms with Gasteiger partial charge in [-0.15, -0.1) is 0 Å². The van der Waals surface area contributed by atoms with Gasteiger partial charge >= 0.3 is 6.09 Å². The first-order valence-electron chi connectivity index (χ1n) is 8.35. The Kier molecular flexibility index (Phi) is 6.50. The minimum absolute atomic E-state index is 0.224. The van der Waals surface area contributed by atoms with Gasteiger partial charge in [-0.1, -0.05) is 19.8 Å². The summed E-state index contributed by atoms with van der Waals surface area (Å²) < 4.78 is 21.1. The van der Waals surface area contributed by atoms with Crippen LogP contribution in [0.15, 0.2) is 12.1 Å². The van der Waals surface area contributed by atoms with E-state index in [1.54, 1.807) is 19.2 Å². The smallest absolute Gasteiger partial charge is 0.416 e. The van der Waals surface area contributed by atoms with Gasteiger partial charge in [-0.3, -0.25) is 4.79 Å². The molecule has 0 spiro atoms. The van der Waals surface area contributed by atoms with Crippen LogP contribution in [0, 0.1) is 0 Å². The standard InChI is InChI=1S/C18H25NO6/c1-5-6-7-13(17(20)19-8-9-25-18(19)21)16-14(23-3)10-12(22-2)11-15(16)24-4/h10-11,13H,5-9H2,1-4H3/t13-/m0/s1. The lowest BCUT2D eigenvalue weighted by atomic mass is 9.90.